The smallest absolute Gasteiger partial charge is 0.212 e. The van der Waals surface area contributed by atoms with Crippen LogP contribution in [0.15, 0.2) is 0 Å². The molecule has 0 radical (unpaired) electrons. The van der Waals surface area contributed by atoms with Crippen LogP contribution in [0.2, 0.25) is 0 Å². The summed E-state index contributed by atoms with van der Waals surface area (Å²) in [4.78, 5) is 0. The van der Waals surface area contributed by atoms with Crippen molar-refractivity contribution >= 4 is 10.0 Å². The molecule has 0 aromatic rings. The van der Waals surface area contributed by atoms with Crippen LogP contribution in [-0.2, 0) is 10.0 Å². The highest BCUT2D eigenvalue weighted by atomic mass is 32.2. The van der Waals surface area contributed by atoms with E-state index < -0.39 is 10.0 Å². The largest absolute Gasteiger partial charge is 0.329 e. The number of sulfonamides is 1. The summed E-state index contributed by atoms with van der Waals surface area (Å²) in [5, 5.41) is 0. The SMILES string of the molecule is CCC(C)CS(=O)(=O)NC(CN)C1CCCCC1. The molecule has 2 unspecified atom stereocenters. The molecule has 0 aromatic heterocycles. The van der Waals surface area contributed by atoms with Gasteiger partial charge in [-0.25, -0.2) is 13.1 Å². The summed E-state index contributed by atoms with van der Waals surface area (Å²) in [7, 11) is -3.18. The van der Waals surface area contributed by atoms with Crippen LogP contribution in [0, 0.1) is 11.8 Å². The minimum atomic E-state index is -3.18. The van der Waals surface area contributed by atoms with E-state index in [4.69, 9.17) is 5.73 Å². The monoisotopic (exact) mass is 276 g/mol. The normalized spacial score (nSPS) is 21.7. The highest BCUT2D eigenvalue weighted by molar-refractivity contribution is 7.89. The van der Waals surface area contributed by atoms with Crippen LogP contribution in [0.1, 0.15) is 52.4 Å². The molecule has 0 amide bonds. The Kier molecular flexibility index (Phi) is 6.60. The second kappa shape index (κ2) is 7.46. The lowest BCUT2D eigenvalue weighted by molar-refractivity contribution is 0.293. The first-order valence-corrected chi connectivity index (χ1v) is 8.83. The summed E-state index contributed by atoms with van der Waals surface area (Å²) in [6, 6.07) is -0.0700. The zero-order chi connectivity index (χ0) is 13.6. The molecule has 0 bridgehead atoms. The Morgan fingerprint density at radius 1 is 1.28 bits per heavy atom. The standard InChI is InChI=1S/C13H28N2O2S/c1-3-11(2)10-18(16,17)15-13(9-14)12-7-5-4-6-8-12/h11-13,15H,3-10,14H2,1-2H3. The predicted octanol–water partition coefficient (Wildman–Crippen LogP) is 1.86. The van der Waals surface area contributed by atoms with E-state index in [2.05, 4.69) is 4.72 Å². The summed E-state index contributed by atoms with van der Waals surface area (Å²) in [6.07, 6.45) is 6.77. The third-order valence-electron chi connectivity index (χ3n) is 4.00. The van der Waals surface area contributed by atoms with Gasteiger partial charge in [-0.2, -0.15) is 0 Å². The zero-order valence-electron chi connectivity index (χ0n) is 11.7. The van der Waals surface area contributed by atoms with Gasteiger partial charge in [0.25, 0.3) is 0 Å². The Bertz CT molecular complexity index is 324. The van der Waals surface area contributed by atoms with E-state index in [-0.39, 0.29) is 17.7 Å². The predicted molar refractivity (Wildman–Crippen MR) is 75.8 cm³/mol. The zero-order valence-corrected chi connectivity index (χ0v) is 12.5. The van der Waals surface area contributed by atoms with Crippen LogP contribution in [0.5, 0.6) is 0 Å². The molecule has 0 aliphatic heterocycles. The molecule has 1 aliphatic carbocycles. The van der Waals surface area contributed by atoms with Crippen molar-refractivity contribution in [3.05, 3.63) is 0 Å². The maximum Gasteiger partial charge on any atom is 0.212 e. The van der Waals surface area contributed by atoms with E-state index in [0.29, 0.717) is 12.5 Å². The molecule has 0 spiro atoms. The number of nitrogens with two attached hydrogens (primary N) is 1. The molecule has 5 heteroatoms. The summed E-state index contributed by atoms with van der Waals surface area (Å²) in [5.41, 5.74) is 5.75. The third kappa shape index (κ3) is 5.24. The fraction of sp³-hybridized carbons (Fsp3) is 1.00. The lowest BCUT2D eigenvalue weighted by atomic mass is 9.84. The Balaban J connectivity index is 2.55. The topological polar surface area (TPSA) is 72.2 Å². The molecular weight excluding hydrogens is 248 g/mol. The molecule has 1 rings (SSSR count). The highest BCUT2D eigenvalue weighted by Gasteiger charge is 2.27. The molecular formula is C13H28N2O2S. The molecule has 3 N–H and O–H groups in total. The highest BCUT2D eigenvalue weighted by Crippen LogP contribution is 2.26. The van der Waals surface area contributed by atoms with E-state index in [1.54, 1.807) is 0 Å². The van der Waals surface area contributed by atoms with Gasteiger partial charge in [-0.3, -0.25) is 0 Å². The number of hydrogen-bond donors (Lipinski definition) is 2. The number of nitrogens with one attached hydrogen (secondary N) is 1. The van der Waals surface area contributed by atoms with Crippen LogP contribution >= 0.6 is 0 Å². The maximum absolute atomic E-state index is 12.0. The summed E-state index contributed by atoms with van der Waals surface area (Å²) in [6.45, 7) is 4.39. The van der Waals surface area contributed by atoms with Crippen LogP contribution in [-0.4, -0.2) is 26.8 Å². The lowest BCUT2D eigenvalue weighted by Gasteiger charge is -2.30. The van der Waals surface area contributed by atoms with Gasteiger partial charge in [-0.1, -0.05) is 39.5 Å². The molecule has 0 heterocycles. The van der Waals surface area contributed by atoms with E-state index in [9.17, 15) is 8.42 Å². The number of rotatable bonds is 7. The summed E-state index contributed by atoms with van der Waals surface area (Å²) < 4.78 is 26.9. The van der Waals surface area contributed by atoms with Crippen molar-refractivity contribution in [1.82, 2.24) is 4.72 Å². The average molecular weight is 276 g/mol. The Labute approximate surface area is 112 Å². The minimum Gasteiger partial charge on any atom is -0.329 e. The third-order valence-corrected chi connectivity index (χ3v) is 5.67. The van der Waals surface area contributed by atoms with Gasteiger partial charge < -0.3 is 5.73 Å². The first-order chi connectivity index (χ1) is 8.48. The van der Waals surface area contributed by atoms with Crippen molar-refractivity contribution in [3.63, 3.8) is 0 Å². The quantitative estimate of drug-likeness (QED) is 0.745. The molecule has 0 aromatic carbocycles. The van der Waals surface area contributed by atoms with Crippen molar-refractivity contribution in [3.8, 4) is 0 Å². The maximum atomic E-state index is 12.0. The van der Waals surface area contributed by atoms with Crippen molar-refractivity contribution in [2.24, 2.45) is 17.6 Å². The van der Waals surface area contributed by atoms with Gasteiger partial charge in [-0.05, 0) is 24.7 Å². The first-order valence-electron chi connectivity index (χ1n) is 7.18. The van der Waals surface area contributed by atoms with Crippen LogP contribution in [0.4, 0.5) is 0 Å². The van der Waals surface area contributed by atoms with Crippen molar-refractivity contribution in [1.29, 1.82) is 0 Å². The lowest BCUT2D eigenvalue weighted by Crippen LogP contribution is -2.47. The van der Waals surface area contributed by atoms with Crippen molar-refractivity contribution in [2.45, 2.75) is 58.4 Å². The molecule has 4 nitrogen and oxygen atoms in total. The summed E-state index contributed by atoms with van der Waals surface area (Å²) >= 11 is 0. The molecule has 0 saturated heterocycles. The Hall–Kier alpha value is -0.130. The minimum absolute atomic E-state index is 0.0700. The fourth-order valence-corrected chi connectivity index (χ4v) is 4.48. The molecule has 1 saturated carbocycles. The second-order valence-electron chi connectivity index (χ2n) is 5.65. The Morgan fingerprint density at radius 2 is 1.89 bits per heavy atom. The van der Waals surface area contributed by atoms with Gasteiger partial charge in [0.2, 0.25) is 10.0 Å². The van der Waals surface area contributed by atoms with Gasteiger partial charge in [0.1, 0.15) is 0 Å². The molecule has 1 aliphatic rings. The fourth-order valence-electron chi connectivity index (χ4n) is 2.64. The van der Waals surface area contributed by atoms with Gasteiger partial charge in [0, 0.05) is 12.6 Å². The number of hydrogen-bond acceptors (Lipinski definition) is 3. The van der Waals surface area contributed by atoms with Crippen molar-refractivity contribution < 1.29 is 8.42 Å². The van der Waals surface area contributed by atoms with E-state index in [1.165, 1.54) is 19.3 Å². The van der Waals surface area contributed by atoms with Crippen molar-refractivity contribution in [2.75, 3.05) is 12.3 Å². The average Bonchev–Trinajstić information content (AvgIpc) is 2.36. The molecule has 18 heavy (non-hydrogen) atoms. The van der Waals surface area contributed by atoms with Gasteiger partial charge in [0.15, 0.2) is 0 Å². The van der Waals surface area contributed by atoms with Gasteiger partial charge in [0.05, 0.1) is 5.75 Å². The molecule has 2 atom stereocenters. The van der Waals surface area contributed by atoms with Gasteiger partial charge >= 0.3 is 0 Å². The molecule has 1 fully saturated rings. The van der Waals surface area contributed by atoms with E-state index in [1.807, 2.05) is 13.8 Å². The summed E-state index contributed by atoms with van der Waals surface area (Å²) in [5.74, 6) is 0.843. The Morgan fingerprint density at radius 3 is 2.39 bits per heavy atom. The second-order valence-corrected chi connectivity index (χ2v) is 7.45. The molecule has 108 valence electrons. The van der Waals surface area contributed by atoms with Crippen LogP contribution in [0.3, 0.4) is 0 Å². The van der Waals surface area contributed by atoms with E-state index in [0.717, 1.165) is 19.3 Å². The van der Waals surface area contributed by atoms with Gasteiger partial charge in [-0.15, -0.1) is 0 Å². The first kappa shape index (κ1) is 15.9. The van der Waals surface area contributed by atoms with Crippen LogP contribution in [0.25, 0.3) is 0 Å². The van der Waals surface area contributed by atoms with Crippen LogP contribution < -0.4 is 10.5 Å². The van der Waals surface area contributed by atoms with E-state index >= 15 is 0 Å².